The summed E-state index contributed by atoms with van der Waals surface area (Å²) in [5.41, 5.74) is 2.59. The van der Waals surface area contributed by atoms with Gasteiger partial charge in [-0.1, -0.05) is 6.07 Å². The van der Waals surface area contributed by atoms with Crippen LogP contribution in [0.4, 0.5) is 4.39 Å². The molecule has 20 heavy (non-hydrogen) atoms. The fourth-order valence-electron chi connectivity index (χ4n) is 3.48. The summed E-state index contributed by atoms with van der Waals surface area (Å²) in [6, 6.07) is 5.17. The summed E-state index contributed by atoms with van der Waals surface area (Å²) in [5.74, 6) is 0.712. The van der Waals surface area contributed by atoms with Gasteiger partial charge in [-0.3, -0.25) is 4.90 Å². The number of nitrogens with one attached hydrogen (secondary N) is 1. The molecule has 1 N–H and O–H groups in total. The molecule has 0 amide bonds. The van der Waals surface area contributed by atoms with Gasteiger partial charge >= 0.3 is 0 Å². The summed E-state index contributed by atoms with van der Waals surface area (Å²) in [6.45, 7) is 8.68. The third-order valence-electron chi connectivity index (χ3n) is 4.91. The molecular formula is C17H25FN2. The van der Waals surface area contributed by atoms with Crippen molar-refractivity contribution in [1.82, 2.24) is 10.2 Å². The van der Waals surface area contributed by atoms with Gasteiger partial charge in [0.15, 0.2) is 0 Å². The van der Waals surface area contributed by atoms with E-state index in [2.05, 4.69) is 17.1 Å². The Labute approximate surface area is 121 Å². The molecule has 1 atom stereocenters. The molecule has 1 saturated carbocycles. The quantitative estimate of drug-likeness (QED) is 0.912. The molecule has 2 fully saturated rings. The zero-order valence-corrected chi connectivity index (χ0v) is 12.6. The standard InChI is InChI=1S/C17H25FN2/c1-13-10-16(18)7-4-14(13)11-20-9-3-8-19-17(2,12-20)15-5-6-15/h4,7,10,15,19H,3,5-6,8-9,11-12H2,1-2H3. The van der Waals surface area contributed by atoms with E-state index >= 15 is 0 Å². The molecule has 2 aliphatic rings. The normalized spacial score (nSPS) is 28.4. The summed E-state index contributed by atoms with van der Waals surface area (Å²) in [7, 11) is 0. The molecule has 3 rings (SSSR count). The number of benzene rings is 1. The van der Waals surface area contributed by atoms with Gasteiger partial charge in [-0.05, 0) is 75.4 Å². The minimum Gasteiger partial charge on any atom is -0.310 e. The van der Waals surface area contributed by atoms with Gasteiger partial charge in [-0.15, -0.1) is 0 Å². The highest BCUT2D eigenvalue weighted by Gasteiger charge is 2.42. The highest BCUT2D eigenvalue weighted by Crippen LogP contribution is 2.40. The first-order valence-corrected chi connectivity index (χ1v) is 7.79. The minimum atomic E-state index is -0.133. The van der Waals surface area contributed by atoms with E-state index in [-0.39, 0.29) is 11.4 Å². The van der Waals surface area contributed by atoms with Crippen LogP contribution in [0.3, 0.4) is 0 Å². The summed E-state index contributed by atoms with van der Waals surface area (Å²) in [6.07, 6.45) is 3.93. The van der Waals surface area contributed by atoms with Crippen molar-refractivity contribution < 1.29 is 4.39 Å². The Morgan fingerprint density at radius 2 is 2.20 bits per heavy atom. The van der Waals surface area contributed by atoms with Crippen LogP contribution in [0.25, 0.3) is 0 Å². The van der Waals surface area contributed by atoms with Crippen LogP contribution in [0.5, 0.6) is 0 Å². The van der Waals surface area contributed by atoms with Gasteiger partial charge < -0.3 is 5.32 Å². The second kappa shape index (κ2) is 5.45. The van der Waals surface area contributed by atoms with E-state index in [0.717, 1.165) is 37.7 Å². The molecule has 0 bridgehead atoms. The van der Waals surface area contributed by atoms with Crippen molar-refractivity contribution in [1.29, 1.82) is 0 Å². The lowest BCUT2D eigenvalue weighted by Crippen LogP contribution is -2.50. The molecule has 1 saturated heterocycles. The Bertz CT molecular complexity index is 484. The first-order valence-electron chi connectivity index (χ1n) is 7.79. The van der Waals surface area contributed by atoms with Crippen molar-refractivity contribution in [3.8, 4) is 0 Å². The number of rotatable bonds is 3. The topological polar surface area (TPSA) is 15.3 Å². The smallest absolute Gasteiger partial charge is 0.123 e. The van der Waals surface area contributed by atoms with E-state index in [0.29, 0.717) is 0 Å². The largest absolute Gasteiger partial charge is 0.310 e. The van der Waals surface area contributed by atoms with Gasteiger partial charge in [0.05, 0.1) is 0 Å². The Kier molecular flexibility index (Phi) is 3.83. The lowest BCUT2D eigenvalue weighted by molar-refractivity contribution is 0.194. The van der Waals surface area contributed by atoms with Crippen molar-refractivity contribution in [3.05, 3.63) is 35.1 Å². The maximum Gasteiger partial charge on any atom is 0.123 e. The second-order valence-electron chi connectivity index (χ2n) is 6.75. The fraction of sp³-hybridized carbons (Fsp3) is 0.647. The highest BCUT2D eigenvalue weighted by atomic mass is 19.1. The minimum absolute atomic E-state index is 0.133. The van der Waals surface area contributed by atoms with Crippen molar-refractivity contribution in [2.24, 2.45) is 5.92 Å². The van der Waals surface area contributed by atoms with Crippen molar-refractivity contribution in [2.45, 2.75) is 45.2 Å². The molecular weight excluding hydrogens is 251 g/mol. The first kappa shape index (κ1) is 14.0. The van der Waals surface area contributed by atoms with E-state index in [1.807, 2.05) is 13.0 Å². The Morgan fingerprint density at radius 1 is 1.40 bits per heavy atom. The van der Waals surface area contributed by atoms with Crippen molar-refractivity contribution >= 4 is 0 Å². The number of hydrogen-bond donors (Lipinski definition) is 1. The molecule has 1 unspecified atom stereocenters. The average molecular weight is 276 g/mol. The zero-order valence-electron chi connectivity index (χ0n) is 12.6. The van der Waals surface area contributed by atoms with Crippen LogP contribution >= 0.6 is 0 Å². The summed E-state index contributed by atoms with van der Waals surface area (Å²) in [5, 5.41) is 3.76. The Morgan fingerprint density at radius 3 is 2.90 bits per heavy atom. The molecule has 110 valence electrons. The number of hydrogen-bond acceptors (Lipinski definition) is 2. The third kappa shape index (κ3) is 3.04. The molecule has 3 heteroatoms. The number of halogens is 1. The van der Waals surface area contributed by atoms with Crippen LogP contribution in [0, 0.1) is 18.7 Å². The van der Waals surface area contributed by atoms with Crippen LogP contribution < -0.4 is 5.32 Å². The average Bonchev–Trinajstić information content (AvgIpc) is 3.21. The zero-order chi connectivity index (χ0) is 14.2. The van der Waals surface area contributed by atoms with Crippen molar-refractivity contribution in [2.75, 3.05) is 19.6 Å². The van der Waals surface area contributed by atoms with E-state index in [1.54, 1.807) is 12.1 Å². The maximum atomic E-state index is 13.2. The molecule has 0 radical (unpaired) electrons. The van der Waals surface area contributed by atoms with Crippen LogP contribution in [-0.4, -0.2) is 30.1 Å². The van der Waals surface area contributed by atoms with E-state index in [9.17, 15) is 4.39 Å². The molecule has 1 heterocycles. The number of aryl methyl sites for hydroxylation is 1. The molecule has 1 aliphatic heterocycles. The van der Waals surface area contributed by atoms with Gasteiger partial charge in [0.2, 0.25) is 0 Å². The van der Waals surface area contributed by atoms with Gasteiger partial charge in [0.1, 0.15) is 5.82 Å². The van der Waals surface area contributed by atoms with Crippen LogP contribution in [-0.2, 0) is 6.54 Å². The fourth-order valence-corrected chi connectivity index (χ4v) is 3.48. The van der Waals surface area contributed by atoms with Crippen LogP contribution in [0.1, 0.15) is 37.3 Å². The van der Waals surface area contributed by atoms with Gasteiger partial charge in [-0.25, -0.2) is 4.39 Å². The van der Waals surface area contributed by atoms with E-state index in [1.165, 1.54) is 24.8 Å². The third-order valence-corrected chi connectivity index (χ3v) is 4.91. The molecule has 0 spiro atoms. The van der Waals surface area contributed by atoms with Crippen LogP contribution in [0.2, 0.25) is 0 Å². The highest BCUT2D eigenvalue weighted by molar-refractivity contribution is 5.26. The lowest BCUT2D eigenvalue weighted by Gasteiger charge is -2.34. The number of nitrogens with zero attached hydrogens (tertiary/aromatic N) is 1. The maximum absolute atomic E-state index is 13.2. The van der Waals surface area contributed by atoms with Gasteiger partial charge in [0.25, 0.3) is 0 Å². The molecule has 1 aromatic rings. The van der Waals surface area contributed by atoms with Crippen LogP contribution in [0.15, 0.2) is 18.2 Å². The summed E-state index contributed by atoms with van der Waals surface area (Å²) in [4.78, 5) is 2.54. The predicted octanol–water partition coefficient (Wildman–Crippen LogP) is 3.10. The molecule has 0 aromatic heterocycles. The SMILES string of the molecule is Cc1cc(F)ccc1CN1CCCNC(C)(C2CC2)C1. The van der Waals surface area contributed by atoms with E-state index in [4.69, 9.17) is 0 Å². The van der Waals surface area contributed by atoms with Crippen molar-refractivity contribution in [3.63, 3.8) is 0 Å². The summed E-state index contributed by atoms with van der Waals surface area (Å²) >= 11 is 0. The predicted molar refractivity (Wildman–Crippen MR) is 80.2 cm³/mol. The lowest BCUT2D eigenvalue weighted by atomic mass is 9.95. The van der Waals surface area contributed by atoms with Gasteiger partial charge in [-0.2, -0.15) is 0 Å². The second-order valence-corrected chi connectivity index (χ2v) is 6.75. The first-order chi connectivity index (χ1) is 9.57. The molecule has 1 aliphatic carbocycles. The van der Waals surface area contributed by atoms with E-state index < -0.39 is 0 Å². The van der Waals surface area contributed by atoms with Gasteiger partial charge in [0, 0.05) is 18.6 Å². The summed E-state index contributed by atoms with van der Waals surface area (Å²) < 4.78 is 13.2. The molecule has 2 nitrogen and oxygen atoms in total. The molecule has 1 aromatic carbocycles. The Balaban J connectivity index is 1.72. The Hall–Kier alpha value is -0.930. The monoisotopic (exact) mass is 276 g/mol.